The Morgan fingerprint density at radius 3 is 2.56 bits per heavy atom. The van der Waals surface area contributed by atoms with Crippen LogP contribution >= 0.6 is 0 Å². The predicted octanol–water partition coefficient (Wildman–Crippen LogP) is 0.615. The van der Waals surface area contributed by atoms with E-state index in [1.165, 1.54) is 17.3 Å². The van der Waals surface area contributed by atoms with E-state index in [9.17, 15) is 14.4 Å². The van der Waals surface area contributed by atoms with E-state index in [0.29, 0.717) is 17.7 Å². The van der Waals surface area contributed by atoms with Crippen LogP contribution in [0.5, 0.6) is 0 Å². The minimum absolute atomic E-state index is 0.171. The average Bonchev–Trinajstić information content (AvgIpc) is 3.00. The lowest BCUT2D eigenvalue weighted by Gasteiger charge is -2.33. The zero-order valence-electron chi connectivity index (χ0n) is 15.1. The molecule has 0 bridgehead atoms. The molecule has 1 aliphatic carbocycles. The Kier molecular flexibility index (Phi) is 4.78. The van der Waals surface area contributed by atoms with Gasteiger partial charge in [0.25, 0.3) is 5.56 Å². The number of likely N-dealkylation sites (N-methyl/N-ethyl adjacent to an activating group) is 1. The maximum Gasteiger partial charge on any atom is 0.332 e. The molecule has 25 heavy (non-hydrogen) atoms. The molecule has 1 aliphatic rings. The first kappa shape index (κ1) is 17.4. The summed E-state index contributed by atoms with van der Waals surface area (Å²) in [7, 11) is 3.27. The van der Waals surface area contributed by atoms with Crippen LogP contribution in [-0.4, -0.2) is 42.1 Å². The highest BCUT2D eigenvalue weighted by atomic mass is 16.2. The van der Waals surface area contributed by atoms with Crippen molar-refractivity contribution in [3.05, 3.63) is 27.2 Å². The number of carbonyl (C=O) groups is 1. The predicted molar refractivity (Wildman–Crippen MR) is 94.5 cm³/mol. The minimum atomic E-state index is -0.510. The van der Waals surface area contributed by atoms with Crippen molar-refractivity contribution in [1.29, 1.82) is 0 Å². The van der Waals surface area contributed by atoms with Crippen LogP contribution in [0.2, 0.25) is 0 Å². The van der Waals surface area contributed by atoms with Crippen LogP contribution in [0.25, 0.3) is 11.2 Å². The Balaban J connectivity index is 1.96. The van der Waals surface area contributed by atoms with Crippen LogP contribution < -0.4 is 11.2 Å². The van der Waals surface area contributed by atoms with Crippen LogP contribution in [0.1, 0.15) is 39.0 Å². The molecule has 136 valence electrons. The SMILES string of the molecule is CCN(C(=O)Cn1c(=O)c2c(ncn2C)n(C)c1=O)C1CCCCC1. The zero-order chi connectivity index (χ0) is 18.1. The van der Waals surface area contributed by atoms with Gasteiger partial charge in [-0.25, -0.2) is 14.3 Å². The number of fused-ring (bicyclic) bond motifs is 1. The molecular weight excluding hydrogens is 322 g/mol. The Morgan fingerprint density at radius 1 is 1.24 bits per heavy atom. The van der Waals surface area contributed by atoms with Gasteiger partial charge in [-0.1, -0.05) is 19.3 Å². The van der Waals surface area contributed by atoms with Gasteiger partial charge in [0.05, 0.1) is 6.33 Å². The topological polar surface area (TPSA) is 82.1 Å². The van der Waals surface area contributed by atoms with Crippen molar-refractivity contribution in [1.82, 2.24) is 23.6 Å². The highest BCUT2D eigenvalue weighted by Crippen LogP contribution is 2.22. The number of imidazole rings is 1. The van der Waals surface area contributed by atoms with Crippen LogP contribution in [-0.2, 0) is 25.4 Å². The molecule has 1 amide bonds. The van der Waals surface area contributed by atoms with Gasteiger partial charge in [-0.2, -0.15) is 0 Å². The molecule has 2 aromatic heterocycles. The molecule has 0 atom stereocenters. The quantitative estimate of drug-likeness (QED) is 0.812. The van der Waals surface area contributed by atoms with E-state index >= 15 is 0 Å². The van der Waals surface area contributed by atoms with Crippen molar-refractivity contribution in [2.75, 3.05) is 6.54 Å². The molecule has 0 aliphatic heterocycles. The molecule has 2 heterocycles. The van der Waals surface area contributed by atoms with Gasteiger partial charge in [-0.05, 0) is 19.8 Å². The Labute approximate surface area is 145 Å². The molecule has 3 rings (SSSR count). The van der Waals surface area contributed by atoms with Gasteiger partial charge in [-0.15, -0.1) is 0 Å². The number of hydrogen-bond acceptors (Lipinski definition) is 4. The second-order valence-electron chi connectivity index (χ2n) is 6.73. The fourth-order valence-electron chi connectivity index (χ4n) is 3.79. The van der Waals surface area contributed by atoms with Crippen LogP contribution in [0, 0.1) is 0 Å². The van der Waals surface area contributed by atoms with E-state index in [-0.39, 0.29) is 18.5 Å². The highest BCUT2D eigenvalue weighted by molar-refractivity contribution is 5.77. The van der Waals surface area contributed by atoms with Gasteiger partial charge in [0.1, 0.15) is 6.54 Å². The fraction of sp³-hybridized carbons (Fsp3) is 0.647. The Hall–Kier alpha value is -2.38. The van der Waals surface area contributed by atoms with Crippen molar-refractivity contribution in [2.24, 2.45) is 14.1 Å². The number of aromatic nitrogens is 4. The maximum absolute atomic E-state index is 12.8. The molecular formula is C17H25N5O3. The first-order valence-corrected chi connectivity index (χ1v) is 8.86. The lowest BCUT2D eigenvalue weighted by Crippen LogP contribution is -2.47. The van der Waals surface area contributed by atoms with Gasteiger partial charge in [0, 0.05) is 26.7 Å². The number of rotatable bonds is 4. The first-order chi connectivity index (χ1) is 12.0. The Bertz CT molecular complexity index is 901. The van der Waals surface area contributed by atoms with Gasteiger partial charge in [0.2, 0.25) is 5.91 Å². The van der Waals surface area contributed by atoms with Crippen molar-refractivity contribution < 1.29 is 4.79 Å². The van der Waals surface area contributed by atoms with E-state index in [1.54, 1.807) is 18.7 Å². The summed E-state index contributed by atoms with van der Waals surface area (Å²) < 4.78 is 3.93. The second-order valence-corrected chi connectivity index (χ2v) is 6.73. The lowest BCUT2D eigenvalue weighted by atomic mass is 9.94. The van der Waals surface area contributed by atoms with E-state index in [2.05, 4.69) is 4.98 Å². The number of amides is 1. The van der Waals surface area contributed by atoms with Crippen molar-refractivity contribution >= 4 is 17.1 Å². The summed E-state index contributed by atoms with van der Waals surface area (Å²) in [5, 5.41) is 0. The fourth-order valence-corrected chi connectivity index (χ4v) is 3.79. The summed E-state index contributed by atoms with van der Waals surface area (Å²) in [6, 6.07) is 0.214. The third kappa shape index (κ3) is 3.01. The largest absolute Gasteiger partial charge is 0.338 e. The minimum Gasteiger partial charge on any atom is -0.338 e. The zero-order valence-corrected chi connectivity index (χ0v) is 15.1. The molecule has 2 aromatic rings. The molecule has 0 N–H and O–H groups in total. The monoisotopic (exact) mass is 347 g/mol. The molecule has 0 aromatic carbocycles. The third-order valence-corrected chi connectivity index (χ3v) is 5.17. The second kappa shape index (κ2) is 6.85. The van der Waals surface area contributed by atoms with Crippen LogP contribution in [0.4, 0.5) is 0 Å². The lowest BCUT2D eigenvalue weighted by molar-refractivity contribution is -0.134. The summed E-state index contributed by atoms with van der Waals surface area (Å²) in [6.45, 7) is 2.31. The molecule has 0 saturated heterocycles. The van der Waals surface area contributed by atoms with E-state index in [4.69, 9.17) is 0 Å². The third-order valence-electron chi connectivity index (χ3n) is 5.17. The standard InChI is InChI=1S/C17H25N5O3/c1-4-21(12-8-6-5-7-9-12)13(23)10-22-16(24)14-15(18-11-19(14)2)20(3)17(22)25/h11-12H,4-10H2,1-3H3. The van der Waals surface area contributed by atoms with E-state index in [0.717, 1.165) is 30.3 Å². The number of nitrogens with zero attached hydrogens (tertiary/aromatic N) is 5. The molecule has 8 heteroatoms. The van der Waals surface area contributed by atoms with E-state index < -0.39 is 11.2 Å². The molecule has 0 spiro atoms. The molecule has 1 fully saturated rings. The van der Waals surface area contributed by atoms with Gasteiger partial charge >= 0.3 is 5.69 Å². The molecule has 0 unspecified atom stereocenters. The summed E-state index contributed by atoms with van der Waals surface area (Å²) in [5.74, 6) is -0.171. The van der Waals surface area contributed by atoms with E-state index in [1.807, 2.05) is 11.8 Å². The van der Waals surface area contributed by atoms with Gasteiger partial charge in [0.15, 0.2) is 11.2 Å². The van der Waals surface area contributed by atoms with Gasteiger partial charge in [-0.3, -0.25) is 14.2 Å². The maximum atomic E-state index is 12.8. The average molecular weight is 347 g/mol. The normalized spacial score (nSPS) is 15.6. The Morgan fingerprint density at radius 2 is 1.92 bits per heavy atom. The summed E-state index contributed by atoms with van der Waals surface area (Å²) >= 11 is 0. The molecule has 8 nitrogen and oxygen atoms in total. The van der Waals surface area contributed by atoms with Crippen LogP contribution in [0.15, 0.2) is 15.9 Å². The van der Waals surface area contributed by atoms with Crippen LogP contribution in [0.3, 0.4) is 0 Å². The van der Waals surface area contributed by atoms with Gasteiger partial charge < -0.3 is 9.47 Å². The number of aryl methyl sites for hydroxylation is 2. The number of hydrogen-bond donors (Lipinski definition) is 0. The summed E-state index contributed by atoms with van der Waals surface area (Å²) in [5.41, 5.74) is -0.313. The first-order valence-electron chi connectivity index (χ1n) is 8.86. The highest BCUT2D eigenvalue weighted by Gasteiger charge is 2.25. The summed E-state index contributed by atoms with van der Waals surface area (Å²) in [6.07, 6.45) is 6.94. The molecule has 1 saturated carbocycles. The summed E-state index contributed by atoms with van der Waals surface area (Å²) in [4.78, 5) is 44.0. The smallest absolute Gasteiger partial charge is 0.332 e. The number of carbonyl (C=O) groups excluding carboxylic acids is 1. The molecule has 0 radical (unpaired) electrons. The van der Waals surface area contributed by atoms with Crippen molar-refractivity contribution in [3.63, 3.8) is 0 Å². The van der Waals surface area contributed by atoms with Crippen molar-refractivity contribution in [3.8, 4) is 0 Å². The van der Waals surface area contributed by atoms with Crippen molar-refractivity contribution in [2.45, 2.75) is 51.6 Å².